The zero-order chi connectivity index (χ0) is 23.6. The van der Waals surface area contributed by atoms with Crippen LogP contribution in [-0.4, -0.2) is 21.7 Å². The Hall–Kier alpha value is -2.61. The molecule has 5 atom stereocenters. The number of ketones is 1. The lowest BCUT2D eigenvalue weighted by Crippen LogP contribution is -2.44. The third-order valence-corrected chi connectivity index (χ3v) is 9.55. The van der Waals surface area contributed by atoms with E-state index < -0.39 is 0 Å². The summed E-state index contributed by atoms with van der Waals surface area (Å²) in [6, 6.07) is 2.01. The van der Waals surface area contributed by atoms with Crippen LogP contribution >= 0.6 is 11.3 Å². The summed E-state index contributed by atoms with van der Waals surface area (Å²) in [6.45, 7) is 4.09. The van der Waals surface area contributed by atoms with Crippen LogP contribution in [0.5, 0.6) is 0 Å². The average Bonchev–Trinajstić information content (AvgIpc) is 3.50. The first-order valence-corrected chi connectivity index (χ1v) is 13.0. The number of Topliss-reactive ketones (excluding diaryl/α,β-unsaturated/α-hetero) is 1. The van der Waals surface area contributed by atoms with Gasteiger partial charge >= 0.3 is 0 Å². The van der Waals surface area contributed by atoms with Gasteiger partial charge in [-0.2, -0.15) is 0 Å². The van der Waals surface area contributed by atoms with Gasteiger partial charge < -0.3 is 9.73 Å². The summed E-state index contributed by atoms with van der Waals surface area (Å²) < 4.78 is 20.5. The highest BCUT2D eigenvalue weighted by molar-refractivity contribution is 7.15. The second-order valence-electron chi connectivity index (χ2n) is 10.5. The normalized spacial score (nSPS) is 30.1. The van der Waals surface area contributed by atoms with Crippen molar-refractivity contribution in [2.75, 3.05) is 5.32 Å². The van der Waals surface area contributed by atoms with Gasteiger partial charge in [-0.05, 0) is 79.9 Å². The number of amides is 1. The van der Waals surface area contributed by atoms with Crippen LogP contribution in [0.3, 0.4) is 0 Å². The first-order valence-electron chi connectivity index (χ1n) is 12.1. The molecule has 6 rings (SSSR count). The van der Waals surface area contributed by atoms with Crippen molar-refractivity contribution >= 4 is 39.3 Å². The fraction of sp³-hybridized carbons (Fsp3) is 0.538. The quantitative estimate of drug-likeness (QED) is 0.509. The van der Waals surface area contributed by atoms with Crippen LogP contribution in [0.1, 0.15) is 67.4 Å². The summed E-state index contributed by atoms with van der Waals surface area (Å²) in [7, 11) is 0. The maximum absolute atomic E-state index is 15.2. The van der Waals surface area contributed by atoms with E-state index in [1.54, 1.807) is 6.20 Å². The van der Waals surface area contributed by atoms with Gasteiger partial charge in [0.25, 0.3) is 0 Å². The van der Waals surface area contributed by atoms with Gasteiger partial charge in [0, 0.05) is 29.3 Å². The van der Waals surface area contributed by atoms with Crippen LogP contribution < -0.4 is 5.32 Å². The van der Waals surface area contributed by atoms with Crippen molar-refractivity contribution in [2.45, 2.75) is 64.7 Å². The van der Waals surface area contributed by atoms with Crippen LogP contribution in [0.4, 0.5) is 9.52 Å². The van der Waals surface area contributed by atoms with E-state index in [1.807, 2.05) is 13.0 Å². The predicted octanol–water partition coefficient (Wildman–Crippen LogP) is 5.80. The molecule has 1 amide bonds. The minimum atomic E-state index is -0.344. The molecule has 34 heavy (non-hydrogen) atoms. The second kappa shape index (κ2) is 7.97. The number of carbonyl (C=O) groups excluding carboxylic acids is 2. The Balaban J connectivity index is 1.25. The van der Waals surface area contributed by atoms with Crippen molar-refractivity contribution in [3.63, 3.8) is 0 Å². The maximum Gasteiger partial charge on any atom is 0.226 e. The van der Waals surface area contributed by atoms with Gasteiger partial charge in [-0.15, -0.1) is 11.3 Å². The highest BCUT2D eigenvalue weighted by Crippen LogP contribution is 2.62. The monoisotopic (exact) mass is 481 g/mol. The molecule has 0 aliphatic heterocycles. The van der Waals surface area contributed by atoms with Gasteiger partial charge in [0.05, 0.1) is 0 Å². The van der Waals surface area contributed by atoms with E-state index in [-0.39, 0.29) is 40.5 Å². The number of benzene rings is 1. The maximum atomic E-state index is 15.2. The molecule has 1 aromatic carbocycles. The molecule has 1 N–H and O–H groups in total. The summed E-state index contributed by atoms with van der Waals surface area (Å²) in [5.74, 6) is 0.946. The Labute approximate surface area is 201 Å². The zero-order valence-electron chi connectivity index (χ0n) is 19.4. The standard InChI is InChI=1S/C26H28FN3O3S/c1-13-11-28-25(34-13)30-21(32)6-3-14-9-20(31)26(2)8-7-15-16(22(14)26)4-5-17-18(15)10-19-24(23(17)27)33-12-29-19/h10-12,14-16,22H,3-9H2,1-2H3,(H,28,30,32). The number of halogens is 1. The van der Waals surface area contributed by atoms with Crippen molar-refractivity contribution < 1.29 is 18.4 Å². The number of aryl methyl sites for hydroxylation is 1. The smallest absolute Gasteiger partial charge is 0.226 e. The highest BCUT2D eigenvalue weighted by atomic mass is 32.1. The fourth-order valence-corrected chi connectivity index (χ4v) is 7.91. The predicted molar refractivity (Wildman–Crippen MR) is 127 cm³/mol. The molecule has 2 aromatic heterocycles. The molecule has 0 spiro atoms. The number of rotatable bonds is 4. The molecule has 3 aliphatic rings. The van der Waals surface area contributed by atoms with Crippen LogP contribution in [-0.2, 0) is 16.0 Å². The summed E-state index contributed by atoms with van der Waals surface area (Å²) in [4.78, 5) is 35.3. The van der Waals surface area contributed by atoms with Gasteiger partial charge in [0.1, 0.15) is 11.3 Å². The number of carbonyl (C=O) groups is 2. The lowest BCUT2D eigenvalue weighted by Gasteiger charge is -2.50. The molecule has 0 saturated heterocycles. The molecule has 2 saturated carbocycles. The summed E-state index contributed by atoms with van der Waals surface area (Å²) in [6.07, 6.45) is 7.88. The number of hydrogen-bond acceptors (Lipinski definition) is 6. The largest absolute Gasteiger partial charge is 0.440 e. The summed E-state index contributed by atoms with van der Waals surface area (Å²) in [5.41, 5.74) is 2.27. The van der Waals surface area contributed by atoms with Crippen molar-refractivity contribution in [3.8, 4) is 0 Å². The molecule has 3 aliphatic carbocycles. The van der Waals surface area contributed by atoms with Crippen molar-refractivity contribution in [1.82, 2.24) is 9.97 Å². The van der Waals surface area contributed by atoms with Crippen LogP contribution in [0, 0.1) is 35.9 Å². The van der Waals surface area contributed by atoms with E-state index in [9.17, 15) is 9.59 Å². The molecule has 3 aromatic rings. The topological polar surface area (TPSA) is 85.1 Å². The van der Waals surface area contributed by atoms with E-state index in [1.165, 1.54) is 17.7 Å². The molecule has 6 nitrogen and oxygen atoms in total. The lowest BCUT2D eigenvalue weighted by molar-refractivity contribution is -0.129. The van der Waals surface area contributed by atoms with Crippen LogP contribution in [0.2, 0.25) is 0 Å². The van der Waals surface area contributed by atoms with Crippen molar-refractivity contribution in [1.29, 1.82) is 0 Å². The van der Waals surface area contributed by atoms with Crippen LogP contribution in [0.25, 0.3) is 11.1 Å². The van der Waals surface area contributed by atoms with Gasteiger partial charge in [0.2, 0.25) is 5.91 Å². The van der Waals surface area contributed by atoms with Gasteiger partial charge in [-0.3, -0.25) is 9.59 Å². The minimum Gasteiger partial charge on any atom is -0.440 e. The number of anilines is 1. The second-order valence-corrected chi connectivity index (χ2v) is 11.7. The SMILES string of the molecule is Cc1cnc(NC(=O)CCC2CC(=O)C3(C)CCC4c5cc6ncoc6c(F)c5CCC4C23)s1. The number of nitrogens with one attached hydrogen (secondary N) is 1. The minimum absolute atomic E-state index is 0.0488. The van der Waals surface area contributed by atoms with E-state index in [2.05, 4.69) is 22.2 Å². The van der Waals surface area contributed by atoms with Crippen molar-refractivity contribution in [3.05, 3.63) is 40.5 Å². The highest BCUT2D eigenvalue weighted by Gasteiger charge is 2.58. The number of nitrogens with zero attached hydrogens (tertiary/aromatic N) is 2. The van der Waals surface area contributed by atoms with E-state index in [4.69, 9.17) is 4.42 Å². The Kier molecular flexibility index (Phi) is 5.13. The third-order valence-electron chi connectivity index (χ3n) is 8.72. The lowest BCUT2D eigenvalue weighted by atomic mass is 9.54. The Morgan fingerprint density at radius 2 is 2.21 bits per heavy atom. The number of thiazole rings is 1. The fourth-order valence-electron chi connectivity index (χ4n) is 7.23. The van der Waals surface area contributed by atoms with Crippen molar-refractivity contribution in [2.24, 2.45) is 23.2 Å². The molecule has 2 fully saturated rings. The summed E-state index contributed by atoms with van der Waals surface area (Å²) in [5, 5.41) is 3.52. The zero-order valence-corrected chi connectivity index (χ0v) is 20.2. The van der Waals surface area contributed by atoms with E-state index in [0.717, 1.165) is 35.3 Å². The molecule has 0 radical (unpaired) electrons. The molecular formula is C26H28FN3O3S. The number of aromatic nitrogens is 2. The average molecular weight is 482 g/mol. The molecule has 0 bridgehead atoms. The van der Waals surface area contributed by atoms with Gasteiger partial charge in [0.15, 0.2) is 22.9 Å². The van der Waals surface area contributed by atoms with Gasteiger partial charge in [-0.25, -0.2) is 14.4 Å². The Bertz CT molecular complexity index is 1300. The van der Waals surface area contributed by atoms with Crippen LogP contribution in [0.15, 0.2) is 23.1 Å². The van der Waals surface area contributed by atoms with E-state index in [0.29, 0.717) is 48.0 Å². The molecule has 178 valence electrons. The van der Waals surface area contributed by atoms with Gasteiger partial charge in [-0.1, -0.05) is 6.92 Å². The third kappa shape index (κ3) is 3.33. The number of oxazole rings is 1. The first-order chi connectivity index (χ1) is 16.3. The Morgan fingerprint density at radius 1 is 1.35 bits per heavy atom. The number of hydrogen-bond donors (Lipinski definition) is 1. The molecule has 2 heterocycles. The summed E-state index contributed by atoms with van der Waals surface area (Å²) >= 11 is 1.46. The number of fused-ring (bicyclic) bond motifs is 6. The Morgan fingerprint density at radius 3 is 3.00 bits per heavy atom. The molecular weight excluding hydrogens is 453 g/mol. The first kappa shape index (κ1) is 21.9. The molecule has 5 unspecified atom stereocenters. The molecule has 8 heteroatoms. The van der Waals surface area contributed by atoms with E-state index >= 15 is 4.39 Å².